The lowest BCUT2D eigenvalue weighted by molar-refractivity contribution is 0.0232. The van der Waals surface area contributed by atoms with Crippen LogP contribution in [0, 0.1) is 11.6 Å². The van der Waals surface area contributed by atoms with E-state index in [0.717, 1.165) is 18.9 Å². The average Bonchev–Trinajstić information content (AvgIpc) is 2.79. The van der Waals surface area contributed by atoms with E-state index in [1.807, 2.05) is 6.92 Å². The summed E-state index contributed by atoms with van der Waals surface area (Å²) in [6.45, 7) is 2.92. The summed E-state index contributed by atoms with van der Waals surface area (Å²) < 4.78 is 32.2. The molecule has 2 N–H and O–H groups in total. The average molecular weight is 349 g/mol. The van der Waals surface area contributed by atoms with E-state index < -0.39 is 17.7 Å². The van der Waals surface area contributed by atoms with E-state index >= 15 is 0 Å². The van der Waals surface area contributed by atoms with E-state index in [9.17, 15) is 13.6 Å². The van der Waals surface area contributed by atoms with E-state index in [1.54, 1.807) is 0 Å². The highest BCUT2D eigenvalue weighted by Crippen LogP contribution is 2.27. The number of anilines is 1. The van der Waals surface area contributed by atoms with Crippen LogP contribution in [0.4, 0.5) is 19.3 Å². The molecule has 1 aromatic carbocycles. The first-order chi connectivity index (χ1) is 9.39. The van der Waals surface area contributed by atoms with Crippen molar-refractivity contribution in [1.29, 1.82) is 0 Å². The van der Waals surface area contributed by atoms with Crippen LogP contribution in [0.25, 0.3) is 0 Å². The molecule has 1 atom stereocenters. The van der Waals surface area contributed by atoms with Gasteiger partial charge in [-0.05, 0) is 41.8 Å². The number of carbonyl (C=O) groups is 1. The van der Waals surface area contributed by atoms with Gasteiger partial charge in [0.1, 0.15) is 5.82 Å². The molecule has 1 saturated heterocycles. The molecular formula is C13H15BrF2N2O2. The van der Waals surface area contributed by atoms with Crippen molar-refractivity contribution in [2.45, 2.75) is 25.4 Å². The molecule has 1 aliphatic heterocycles. The molecule has 2 amide bonds. The maximum Gasteiger partial charge on any atom is 0.319 e. The van der Waals surface area contributed by atoms with Crippen LogP contribution < -0.4 is 10.6 Å². The number of hydrogen-bond acceptors (Lipinski definition) is 2. The van der Waals surface area contributed by atoms with E-state index in [1.165, 1.54) is 0 Å². The number of urea groups is 1. The van der Waals surface area contributed by atoms with Gasteiger partial charge < -0.3 is 15.4 Å². The number of halogens is 3. The molecule has 1 aliphatic rings. The highest BCUT2D eigenvalue weighted by molar-refractivity contribution is 9.10. The van der Waals surface area contributed by atoms with Crippen LogP contribution in [0.2, 0.25) is 0 Å². The van der Waals surface area contributed by atoms with Gasteiger partial charge in [0.2, 0.25) is 0 Å². The molecule has 0 radical (unpaired) electrons. The fourth-order valence-electron chi connectivity index (χ4n) is 2.06. The summed E-state index contributed by atoms with van der Waals surface area (Å²) in [6, 6.07) is 1.23. The number of ether oxygens (including phenoxy) is 1. The molecule has 0 aromatic heterocycles. The fraction of sp³-hybridized carbons (Fsp3) is 0.462. The number of benzene rings is 1. The standard InChI is InChI=1S/C13H15BrF2N2O2/c1-13(3-2-4-20-13)7-17-12(19)18-11-9(14)5-8(15)6-10(11)16/h5-6H,2-4,7H2,1H3,(H2,17,18,19)/t13-/m1/s1. The molecule has 1 heterocycles. The van der Waals surface area contributed by atoms with Gasteiger partial charge in [0.25, 0.3) is 0 Å². The fourth-order valence-corrected chi connectivity index (χ4v) is 2.57. The normalized spacial score (nSPS) is 21.8. The summed E-state index contributed by atoms with van der Waals surface area (Å²) >= 11 is 3.01. The predicted molar refractivity (Wildman–Crippen MR) is 74.7 cm³/mol. The zero-order chi connectivity index (χ0) is 14.8. The van der Waals surface area contributed by atoms with Gasteiger partial charge in [-0.2, -0.15) is 0 Å². The first-order valence-corrected chi connectivity index (χ1v) is 7.02. The third-order valence-electron chi connectivity index (χ3n) is 3.17. The Bertz CT molecular complexity index is 496. The van der Waals surface area contributed by atoms with Gasteiger partial charge in [-0.3, -0.25) is 0 Å². The van der Waals surface area contributed by atoms with Crippen LogP contribution in [-0.4, -0.2) is 24.8 Å². The van der Waals surface area contributed by atoms with Crippen molar-refractivity contribution in [3.05, 3.63) is 28.2 Å². The van der Waals surface area contributed by atoms with Gasteiger partial charge in [-0.1, -0.05) is 0 Å². The maximum atomic E-state index is 13.6. The SMILES string of the molecule is C[C@]1(CNC(=O)Nc2c(F)cc(F)cc2Br)CCCO1. The number of amides is 2. The van der Waals surface area contributed by atoms with Gasteiger partial charge in [0.15, 0.2) is 5.82 Å². The minimum Gasteiger partial charge on any atom is -0.373 e. The number of hydrogen-bond donors (Lipinski definition) is 2. The van der Waals surface area contributed by atoms with E-state index in [2.05, 4.69) is 26.6 Å². The zero-order valence-electron chi connectivity index (χ0n) is 10.9. The van der Waals surface area contributed by atoms with Crippen LogP contribution in [-0.2, 0) is 4.74 Å². The van der Waals surface area contributed by atoms with Gasteiger partial charge in [0, 0.05) is 23.7 Å². The predicted octanol–water partition coefficient (Wildman–Crippen LogP) is 3.42. The molecule has 0 bridgehead atoms. The second kappa shape index (κ2) is 6.05. The quantitative estimate of drug-likeness (QED) is 0.879. The monoisotopic (exact) mass is 348 g/mol. The molecule has 1 aromatic rings. The molecule has 2 rings (SSSR count). The summed E-state index contributed by atoms with van der Waals surface area (Å²) in [5.74, 6) is -1.55. The summed E-state index contributed by atoms with van der Waals surface area (Å²) in [7, 11) is 0. The summed E-state index contributed by atoms with van der Waals surface area (Å²) in [5.41, 5.74) is -0.475. The van der Waals surface area contributed by atoms with Gasteiger partial charge in [-0.15, -0.1) is 0 Å². The molecule has 0 aliphatic carbocycles. The summed E-state index contributed by atoms with van der Waals surface area (Å²) in [5, 5.41) is 4.98. The molecule has 1 fully saturated rings. The Labute approximate surface area is 124 Å². The van der Waals surface area contributed by atoms with Crippen molar-refractivity contribution in [1.82, 2.24) is 5.32 Å². The van der Waals surface area contributed by atoms with Gasteiger partial charge >= 0.3 is 6.03 Å². The minimum absolute atomic E-state index is 0.0959. The molecule has 0 unspecified atom stereocenters. The Kier molecular flexibility index (Phi) is 4.59. The topological polar surface area (TPSA) is 50.4 Å². The number of nitrogens with one attached hydrogen (secondary N) is 2. The van der Waals surface area contributed by atoms with Crippen molar-refractivity contribution in [2.75, 3.05) is 18.5 Å². The second-order valence-corrected chi connectivity index (χ2v) is 5.81. The molecule has 0 saturated carbocycles. The van der Waals surface area contributed by atoms with Crippen molar-refractivity contribution in [3.63, 3.8) is 0 Å². The lowest BCUT2D eigenvalue weighted by Gasteiger charge is -2.23. The van der Waals surface area contributed by atoms with Crippen LogP contribution >= 0.6 is 15.9 Å². The Balaban J connectivity index is 1.95. The van der Waals surface area contributed by atoms with Crippen LogP contribution in [0.1, 0.15) is 19.8 Å². The Hall–Kier alpha value is -1.21. The van der Waals surface area contributed by atoms with Crippen LogP contribution in [0.5, 0.6) is 0 Å². The van der Waals surface area contributed by atoms with Crippen LogP contribution in [0.3, 0.4) is 0 Å². The third-order valence-corrected chi connectivity index (χ3v) is 3.79. The number of carbonyl (C=O) groups excluding carboxylic acids is 1. The maximum absolute atomic E-state index is 13.6. The van der Waals surface area contributed by atoms with Crippen LogP contribution in [0.15, 0.2) is 16.6 Å². The van der Waals surface area contributed by atoms with Crippen molar-refractivity contribution in [3.8, 4) is 0 Å². The van der Waals surface area contributed by atoms with Crippen molar-refractivity contribution < 1.29 is 18.3 Å². The first-order valence-electron chi connectivity index (χ1n) is 6.23. The molecule has 20 heavy (non-hydrogen) atoms. The molecule has 0 spiro atoms. The lowest BCUT2D eigenvalue weighted by atomic mass is 10.0. The van der Waals surface area contributed by atoms with Gasteiger partial charge in [-0.25, -0.2) is 13.6 Å². The molecule has 4 nitrogen and oxygen atoms in total. The van der Waals surface area contributed by atoms with E-state index in [-0.39, 0.29) is 15.8 Å². The largest absolute Gasteiger partial charge is 0.373 e. The smallest absolute Gasteiger partial charge is 0.319 e. The highest BCUT2D eigenvalue weighted by Gasteiger charge is 2.30. The van der Waals surface area contributed by atoms with E-state index in [4.69, 9.17) is 4.74 Å². The van der Waals surface area contributed by atoms with Gasteiger partial charge in [0.05, 0.1) is 11.3 Å². The third kappa shape index (κ3) is 3.67. The molecule has 7 heteroatoms. The Morgan fingerprint density at radius 3 is 2.85 bits per heavy atom. The van der Waals surface area contributed by atoms with Crippen molar-refractivity contribution >= 4 is 27.6 Å². The second-order valence-electron chi connectivity index (χ2n) is 4.95. The molecular weight excluding hydrogens is 334 g/mol. The first kappa shape index (κ1) is 15.2. The van der Waals surface area contributed by atoms with E-state index in [0.29, 0.717) is 19.2 Å². The van der Waals surface area contributed by atoms with Crippen molar-refractivity contribution in [2.24, 2.45) is 0 Å². The minimum atomic E-state index is -0.838. The highest BCUT2D eigenvalue weighted by atomic mass is 79.9. The molecule has 110 valence electrons. The zero-order valence-corrected chi connectivity index (χ0v) is 12.5. The lowest BCUT2D eigenvalue weighted by Crippen LogP contribution is -2.42. The number of rotatable bonds is 3. The summed E-state index contributed by atoms with van der Waals surface area (Å²) in [6.07, 6.45) is 1.82. The Morgan fingerprint density at radius 1 is 1.50 bits per heavy atom. The Morgan fingerprint density at radius 2 is 2.25 bits per heavy atom. The summed E-state index contributed by atoms with van der Waals surface area (Å²) in [4.78, 5) is 11.7.